The second kappa shape index (κ2) is 6.93. The van der Waals surface area contributed by atoms with Crippen LogP contribution in [0.1, 0.15) is 90.3 Å². The molecule has 0 heterocycles. The maximum atomic E-state index is 12.7. The number of benzene rings is 2. The van der Waals surface area contributed by atoms with Crippen LogP contribution < -0.4 is 0 Å². The van der Waals surface area contributed by atoms with Crippen LogP contribution in [0.2, 0.25) is 0 Å². The quantitative estimate of drug-likeness (QED) is 0.610. The Labute approximate surface area is 145 Å². The van der Waals surface area contributed by atoms with Gasteiger partial charge in [0.1, 0.15) is 0 Å². The summed E-state index contributed by atoms with van der Waals surface area (Å²) in [4.78, 5) is 12.7. The van der Waals surface area contributed by atoms with E-state index in [1.807, 2.05) is 24.3 Å². The molecule has 0 N–H and O–H groups in total. The van der Waals surface area contributed by atoms with Gasteiger partial charge in [-0.25, -0.2) is 0 Å². The van der Waals surface area contributed by atoms with Gasteiger partial charge in [0.25, 0.3) is 0 Å². The average molecular weight is 318 g/mol. The van der Waals surface area contributed by atoms with Crippen LogP contribution in [0.5, 0.6) is 0 Å². The molecule has 1 heteroatoms. The lowest BCUT2D eigenvalue weighted by Gasteiger charge is -2.11. The van der Waals surface area contributed by atoms with Crippen molar-refractivity contribution in [1.29, 1.82) is 0 Å². The van der Waals surface area contributed by atoms with Gasteiger partial charge in [-0.15, -0.1) is 0 Å². The van der Waals surface area contributed by atoms with Crippen LogP contribution in [-0.4, -0.2) is 5.78 Å². The van der Waals surface area contributed by atoms with E-state index in [0.29, 0.717) is 11.8 Å². The highest BCUT2D eigenvalue weighted by Crippen LogP contribution is 2.35. The Bertz CT molecular complexity index is 622. The second-order valence-electron chi connectivity index (χ2n) is 7.54. The monoisotopic (exact) mass is 318 g/mol. The molecule has 2 fully saturated rings. The largest absolute Gasteiger partial charge is 0.289 e. The maximum Gasteiger partial charge on any atom is 0.193 e. The first-order valence-corrected chi connectivity index (χ1v) is 9.56. The Morgan fingerprint density at radius 1 is 0.583 bits per heavy atom. The van der Waals surface area contributed by atoms with Gasteiger partial charge in [0, 0.05) is 11.1 Å². The number of hydrogen-bond donors (Lipinski definition) is 0. The van der Waals surface area contributed by atoms with Gasteiger partial charge < -0.3 is 0 Å². The van der Waals surface area contributed by atoms with Crippen molar-refractivity contribution in [1.82, 2.24) is 0 Å². The molecule has 0 atom stereocenters. The van der Waals surface area contributed by atoms with Crippen molar-refractivity contribution in [2.45, 2.75) is 63.2 Å². The summed E-state index contributed by atoms with van der Waals surface area (Å²) >= 11 is 0. The minimum Gasteiger partial charge on any atom is -0.289 e. The molecule has 2 saturated carbocycles. The van der Waals surface area contributed by atoms with Gasteiger partial charge in [0.2, 0.25) is 0 Å². The van der Waals surface area contributed by atoms with Gasteiger partial charge in [-0.1, -0.05) is 74.2 Å². The third kappa shape index (κ3) is 3.17. The standard InChI is InChI=1S/C23H26O/c24-23(21-13-9-19(10-14-21)17-5-1-2-6-17)22-15-11-20(12-16-22)18-7-3-4-8-18/h9-18H,1-8H2. The Balaban J connectivity index is 1.48. The first kappa shape index (κ1) is 15.6. The molecule has 0 bridgehead atoms. The smallest absolute Gasteiger partial charge is 0.193 e. The van der Waals surface area contributed by atoms with E-state index in [1.54, 1.807) is 0 Å². The fraction of sp³-hybridized carbons (Fsp3) is 0.435. The van der Waals surface area contributed by atoms with Gasteiger partial charge in [0.15, 0.2) is 5.78 Å². The van der Waals surface area contributed by atoms with Crippen LogP contribution in [0.4, 0.5) is 0 Å². The molecule has 0 radical (unpaired) electrons. The third-order valence-electron chi connectivity index (χ3n) is 6.00. The molecule has 0 amide bonds. The fourth-order valence-electron chi connectivity index (χ4n) is 4.50. The summed E-state index contributed by atoms with van der Waals surface area (Å²) in [5.74, 6) is 1.56. The van der Waals surface area contributed by atoms with Gasteiger partial charge in [0.05, 0.1) is 0 Å². The number of carbonyl (C=O) groups is 1. The molecule has 0 spiro atoms. The minimum absolute atomic E-state index is 0.144. The number of carbonyl (C=O) groups excluding carboxylic acids is 1. The molecule has 24 heavy (non-hydrogen) atoms. The predicted octanol–water partition coefficient (Wildman–Crippen LogP) is 6.23. The van der Waals surface area contributed by atoms with Crippen LogP contribution in [0, 0.1) is 0 Å². The zero-order valence-corrected chi connectivity index (χ0v) is 14.3. The van der Waals surface area contributed by atoms with Gasteiger partial charge >= 0.3 is 0 Å². The van der Waals surface area contributed by atoms with E-state index in [9.17, 15) is 4.79 Å². The van der Waals surface area contributed by atoms with Crippen molar-refractivity contribution >= 4 is 5.78 Å². The van der Waals surface area contributed by atoms with E-state index in [4.69, 9.17) is 0 Å². The second-order valence-corrected chi connectivity index (χ2v) is 7.54. The molecule has 2 aromatic carbocycles. The van der Waals surface area contributed by atoms with Gasteiger partial charge in [-0.2, -0.15) is 0 Å². The van der Waals surface area contributed by atoms with Crippen molar-refractivity contribution in [3.8, 4) is 0 Å². The predicted molar refractivity (Wildman–Crippen MR) is 98.7 cm³/mol. The molecule has 2 aromatic rings. The van der Waals surface area contributed by atoms with Crippen molar-refractivity contribution in [2.75, 3.05) is 0 Å². The topological polar surface area (TPSA) is 17.1 Å². The highest BCUT2D eigenvalue weighted by atomic mass is 16.1. The Morgan fingerprint density at radius 2 is 0.917 bits per heavy atom. The first-order chi connectivity index (χ1) is 11.8. The molecule has 2 aliphatic rings. The SMILES string of the molecule is O=C(c1ccc(C2CCCC2)cc1)c1ccc(C2CCCC2)cc1. The number of hydrogen-bond acceptors (Lipinski definition) is 1. The summed E-state index contributed by atoms with van der Waals surface area (Å²) in [5.41, 5.74) is 4.43. The molecule has 0 aliphatic heterocycles. The minimum atomic E-state index is 0.144. The average Bonchev–Trinajstić information content (AvgIpc) is 3.35. The van der Waals surface area contributed by atoms with Gasteiger partial charge in [-0.3, -0.25) is 4.79 Å². The van der Waals surface area contributed by atoms with Crippen molar-refractivity contribution in [3.63, 3.8) is 0 Å². The van der Waals surface area contributed by atoms with E-state index < -0.39 is 0 Å². The van der Waals surface area contributed by atoms with Crippen molar-refractivity contribution in [2.24, 2.45) is 0 Å². The van der Waals surface area contributed by atoms with E-state index in [2.05, 4.69) is 24.3 Å². The molecular weight excluding hydrogens is 292 g/mol. The van der Waals surface area contributed by atoms with Gasteiger partial charge in [-0.05, 0) is 48.6 Å². The summed E-state index contributed by atoms with van der Waals surface area (Å²) in [7, 11) is 0. The molecule has 124 valence electrons. The highest BCUT2D eigenvalue weighted by Gasteiger charge is 2.19. The van der Waals surface area contributed by atoms with Crippen LogP contribution in [0.15, 0.2) is 48.5 Å². The molecule has 2 aliphatic carbocycles. The summed E-state index contributed by atoms with van der Waals surface area (Å²) < 4.78 is 0. The molecule has 0 unspecified atom stereocenters. The molecule has 1 nitrogen and oxygen atoms in total. The number of rotatable bonds is 4. The Kier molecular flexibility index (Phi) is 4.51. The summed E-state index contributed by atoms with van der Waals surface area (Å²) in [6.07, 6.45) is 10.6. The third-order valence-corrected chi connectivity index (χ3v) is 6.00. The maximum absolute atomic E-state index is 12.7. The normalized spacial score (nSPS) is 19.0. The Hall–Kier alpha value is -1.89. The van der Waals surface area contributed by atoms with E-state index in [-0.39, 0.29) is 5.78 Å². The molecular formula is C23H26O. The van der Waals surface area contributed by atoms with Crippen LogP contribution in [-0.2, 0) is 0 Å². The number of ketones is 1. The summed E-state index contributed by atoms with van der Waals surface area (Å²) in [6, 6.07) is 16.7. The van der Waals surface area contributed by atoms with Crippen molar-refractivity contribution in [3.05, 3.63) is 70.8 Å². The van der Waals surface area contributed by atoms with E-state index >= 15 is 0 Å². The zero-order valence-electron chi connectivity index (χ0n) is 14.3. The molecule has 0 aromatic heterocycles. The molecule has 4 rings (SSSR count). The lowest BCUT2D eigenvalue weighted by atomic mass is 9.93. The highest BCUT2D eigenvalue weighted by molar-refractivity contribution is 6.09. The summed E-state index contributed by atoms with van der Waals surface area (Å²) in [6.45, 7) is 0. The van der Waals surface area contributed by atoms with Crippen LogP contribution in [0.25, 0.3) is 0 Å². The van der Waals surface area contributed by atoms with Crippen molar-refractivity contribution < 1.29 is 4.79 Å². The lowest BCUT2D eigenvalue weighted by Crippen LogP contribution is -2.03. The molecule has 0 saturated heterocycles. The first-order valence-electron chi connectivity index (χ1n) is 9.56. The fourth-order valence-corrected chi connectivity index (χ4v) is 4.50. The van der Waals surface area contributed by atoms with E-state index in [1.165, 1.54) is 62.5 Å². The summed E-state index contributed by atoms with van der Waals surface area (Å²) in [5, 5.41) is 0. The van der Waals surface area contributed by atoms with Crippen LogP contribution >= 0.6 is 0 Å². The Morgan fingerprint density at radius 3 is 1.25 bits per heavy atom. The van der Waals surface area contributed by atoms with E-state index in [0.717, 1.165) is 11.1 Å². The zero-order chi connectivity index (χ0) is 16.4. The van der Waals surface area contributed by atoms with Crippen LogP contribution in [0.3, 0.4) is 0 Å². The lowest BCUT2D eigenvalue weighted by molar-refractivity contribution is 0.103.